The number of aryl methyl sites for hydroxylation is 2. The molecule has 18 heavy (non-hydrogen) atoms. The van der Waals surface area contributed by atoms with Crippen LogP contribution >= 0.6 is 0 Å². The summed E-state index contributed by atoms with van der Waals surface area (Å²) in [5, 5.41) is 3.87. The number of aromatic nitrogens is 4. The number of benzene rings is 1. The first kappa shape index (κ1) is 10.8. The van der Waals surface area contributed by atoms with Crippen molar-refractivity contribution in [1.82, 2.24) is 19.7 Å². The Morgan fingerprint density at radius 2 is 2.11 bits per heavy atom. The molecule has 6 heteroatoms. The molecular formula is C12H13N5O. The van der Waals surface area contributed by atoms with Gasteiger partial charge in [-0.2, -0.15) is 4.98 Å². The number of nitrogens with two attached hydrogens (primary N) is 1. The predicted molar refractivity (Wildman–Crippen MR) is 67.0 cm³/mol. The first-order valence-electron chi connectivity index (χ1n) is 5.65. The lowest BCUT2D eigenvalue weighted by Gasteiger charge is -2.02. The molecule has 92 valence electrons. The molecule has 3 aromatic rings. The molecule has 2 heterocycles. The maximum absolute atomic E-state index is 5.92. The molecule has 0 bridgehead atoms. The van der Waals surface area contributed by atoms with E-state index in [-0.39, 0.29) is 0 Å². The standard InChI is InChI=1S/C12H13N5O/c1-7-3-4-10-9(5-7)15-12(13)17(10)6-11-14-8(2)18-16-11/h3-5H,6H2,1-2H3,(H2,13,15). The van der Waals surface area contributed by atoms with E-state index in [0.717, 1.165) is 16.6 Å². The van der Waals surface area contributed by atoms with Gasteiger partial charge in [-0.3, -0.25) is 0 Å². The molecule has 1 aromatic carbocycles. The van der Waals surface area contributed by atoms with Crippen LogP contribution in [0.25, 0.3) is 11.0 Å². The molecule has 0 aliphatic rings. The van der Waals surface area contributed by atoms with Gasteiger partial charge in [-0.15, -0.1) is 0 Å². The van der Waals surface area contributed by atoms with E-state index in [2.05, 4.69) is 15.1 Å². The molecule has 0 amide bonds. The van der Waals surface area contributed by atoms with Gasteiger partial charge >= 0.3 is 0 Å². The quantitative estimate of drug-likeness (QED) is 0.740. The maximum atomic E-state index is 5.92. The lowest BCUT2D eigenvalue weighted by Crippen LogP contribution is -2.05. The van der Waals surface area contributed by atoms with E-state index >= 15 is 0 Å². The van der Waals surface area contributed by atoms with E-state index in [1.165, 1.54) is 0 Å². The smallest absolute Gasteiger partial charge is 0.223 e. The SMILES string of the molecule is Cc1ccc2c(c1)nc(N)n2Cc1noc(C)n1. The highest BCUT2D eigenvalue weighted by Crippen LogP contribution is 2.19. The van der Waals surface area contributed by atoms with Crippen molar-refractivity contribution in [3.8, 4) is 0 Å². The van der Waals surface area contributed by atoms with Crippen LogP contribution < -0.4 is 5.73 Å². The zero-order chi connectivity index (χ0) is 12.7. The van der Waals surface area contributed by atoms with Crippen molar-refractivity contribution in [1.29, 1.82) is 0 Å². The molecule has 0 fully saturated rings. The molecule has 0 saturated heterocycles. The molecule has 3 rings (SSSR count). The number of hydrogen-bond donors (Lipinski definition) is 1. The molecule has 0 spiro atoms. The molecule has 0 aliphatic heterocycles. The fraction of sp³-hybridized carbons (Fsp3) is 0.250. The Bertz CT molecular complexity index is 712. The van der Waals surface area contributed by atoms with Crippen molar-refractivity contribution < 1.29 is 4.52 Å². The average Bonchev–Trinajstić information content (AvgIpc) is 2.84. The lowest BCUT2D eigenvalue weighted by atomic mass is 10.2. The molecule has 6 nitrogen and oxygen atoms in total. The summed E-state index contributed by atoms with van der Waals surface area (Å²) in [7, 11) is 0. The first-order valence-corrected chi connectivity index (χ1v) is 5.65. The average molecular weight is 243 g/mol. The molecule has 0 radical (unpaired) electrons. The first-order chi connectivity index (χ1) is 8.63. The third kappa shape index (κ3) is 1.71. The summed E-state index contributed by atoms with van der Waals surface area (Å²) in [5.74, 6) is 1.60. The van der Waals surface area contributed by atoms with Gasteiger partial charge in [0.05, 0.1) is 17.6 Å². The van der Waals surface area contributed by atoms with Crippen LogP contribution in [-0.4, -0.2) is 19.7 Å². The Balaban J connectivity index is 2.08. The lowest BCUT2D eigenvalue weighted by molar-refractivity contribution is 0.386. The number of rotatable bonds is 2. The maximum Gasteiger partial charge on any atom is 0.223 e. The third-order valence-electron chi connectivity index (χ3n) is 2.80. The van der Waals surface area contributed by atoms with E-state index in [0.29, 0.717) is 24.2 Å². The van der Waals surface area contributed by atoms with Gasteiger partial charge in [-0.1, -0.05) is 11.2 Å². The second kappa shape index (κ2) is 3.83. The van der Waals surface area contributed by atoms with Crippen molar-refractivity contribution in [3.05, 3.63) is 35.5 Å². The van der Waals surface area contributed by atoms with Gasteiger partial charge in [0.1, 0.15) is 0 Å². The Kier molecular flexibility index (Phi) is 2.29. The van der Waals surface area contributed by atoms with E-state index in [1.807, 2.05) is 29.7 Å². The van der Waals surface area contributed by atoms with Crippen molar-refractivity contribution in [3.63, 3.8) is 0 Å². The third-order valence-corrected chi connectivity index (χ3v) is 2.80. The van der Waals surface area contributed by atoms with Gasteiger partial charge in [0.2, 0.25) is 11.8 Å². The van der Waals surface area contributed by atoms with Crippen LogP contribution in [0, 0.1) is 13.8 Å². The van der Waals surface area contributed by atoms with Gasteiger partial charge in [0, 0.05) is 6.92 Å². The van der Waals surface area contributed by atoms with Gasteiger partial charge in [0.15, 0.2) is 5.82 Å². The minimum Gasteiger partial charge on any atom is -0.369 e. The van der Waals surface area contributed by atoms with Gasteiger partial charge in [0.25, 0.3) is 0 Å². The Hall–Kier alpha value is -2.37. The fourth-order valence-electron chi connectivity index (χ4n) is 1.97. The number of fused-ring (bicyclic) bond motifs is 1. The van der Waals surface area contributed by atoms with Crippen LogP contribution in [0.5, 0.6) is 0 Å². The van der Waals surface area contributed by atoms with Crippen LogP contribution in [0.2, 0.25) is 0 Å². The zero-order valence-electron chi connectivity index (χ0n) is 10.2. The van der Waals surface area contributed by atoms with Crippen LogP contribution in [0.1, 0.15) is 17.3 Å². The van der Waals surface area contributed by atoms with Crippen molar-refractivity contribution in [2.75, 3.05) is 5.73 Å². The summed E-state index contributed by atoms with van der Waals surface area (Å²) in [4.78, 5) is 8.50. The number of hydrogen-bond acceptors (Lipinski definition) is 5. The molecule has 2 aromatic heterocycles. The minimum atomic E-state index is 0.457. The Morgan fingerprint density at radius 1 is 1.28 bits per heavy atom. The van der Waals surface area contributed by atoms with E-state index < -0.39 is 0 Å². The minimum absolute atomic E-state index is 0.457. The van der Waals surface area contributed by atoms with Crippen LogP contribution in [-0.2, 0) is 6.54 Å². The van der Waals surface area contributed by atoms with Crippen LogP contribution in [0.3, 0.4) is 0 Å². The fourth-order valence-corrected chi connectivity index (χ4v) is 1.97. The summed E-state index contributed by atoms with van der Waals surface area (Å²) in [6.07, 6.45) is 0. The summed E-state index contributed by atoms with van der Waals surface area (Å²) in [5.41, 5.74) is 8.93. The van der Waals surface area contributed by atoms with Gasteiger partial charge < -0.3 is 14.8 Å². The molecular weight excluding hydrogens is 230 g/mol. The highest BCUT2D eigenvalue weighted by atomic mass is 16.5. The predicted octanol–water partition coefficient (Wildman–Crippen LogP) is 1.67. The second-order valence-electron chi connectivity index (χ2n) is 4.28. The molecule has 0 unspecified atom stereocenters. The summed E-state index contributed by atoms with van der Waals surface area (Å²) in [6.45, 7) is 4.25. The summed E-state index contributed by atoms with van der Waals surface area (Å²) >= 11 is 0. The normalized spacial score (nSPS) is 11.2. The number of nitrogens with zero attached hydrogens (tertiary/aromatic N) is 4. The van der Waals surface area contributed by atoms with Gasteiger partial charge in [-0.05, 0) is 24.6 Å². The molecule has 2 N–H and O–H groups in total. The number of anilines is 1. The molecule has 0 atom stereocenters. The highest BCUT2D eigenvalue weighted by molar-refractivity contribution is 5.79. The van der Waals surface area contributed by atoms with E-state index in [4.69, 9.17) is 10.3 Å². The van der Waals surface area contributed by atoms with Crippen LogP contribution in [0.15, 0.2) is 22.7 Å². The number of imidazole rings is 1. The monoisotopic (exact) mass is 243 g/mol. The molecule has 0 aliphatic carbocycles. The van der Waals surface area contributed by atoms with Crippen molar-refractivity contribution in [2.24, 2.45) is 0 Å². The second-order valence-corrected chi connectivity index (χ2v) is 4.28. The van der Waals surface area contributed by atoms with E-state index in [9.17, 15) is 0 Å². The van der Waals surface area contributed by atoms with Crippen molar-refractivity contribution >= 4 is 17.0 Å². The van der Waals surface area contributed by atoms with Crippen LogP contribution in [0.4, 0.5) is 5.95 Å². The van der Waals surface area contributed by atoms with Gasteiger partial charge in [-0.25, -0.2) is 4.98 Å². The molecule has 0 saturated carbocycles. The summed E-state index contributed by atoms with van der Waals surface area (Å²) < 4.78 is 6.82. The largest absolute Gasteiger partial charge is 0.369 e. The van der Waals surface area contributed by atoms with Crippen molar-refractivity contribution in [2.45, 2.75) is 20.4 Å². The van der Waals surface area contributed by atoms with E-state index in [1.54, 1.807) is 6.92 Å². The number of nitrogen functional groups attached to an aromatic ring is 1. The Morgan fingerprint density at radius 3 is 2.83 bits per heavy atom. The Labute approximate surface area is 103 Å². The summed E-state index contributed by atoms with van der Waals surface area (Å²) in [6, 6.07) is 6.03. The zero-order valence-corrected chi connectivity index (χ0v) is 10.2. The topological polar surface area (TPSA) is 82.8 Å². The highest BCUT2D eigenvalue weighted by Gasteiger charge is 2.11.